The van der Waals surface area contributed by atoms with Gasteiger partial charge in [-0.05, 0) is 18.6 Å². The van der Waals surface area contributed by atoms with Crippen LogP contribution in [0.3, 0.4) is 0 Å². The normalized spacial score (nSPS) is 14.9. The van der Waals surface area contributed by atoms with Gasteiger partial charge in [-0.3, -0.25) is 14.9 Å². The Bertz CT molecular complexity index is 444. The van der Waals surface area contributed by atoms with Gasteiger partial charge in [0, 0.05) is 25.1 Å². The average Bonchev–Trinajstić information content (AvgIpc) is 2.76. The molecule has 1 amide bonds. The first-order valence-corrected chi connectivity index (χ1v) is 5.82. The van der Waals surface area contributed by atoms with Gasteiger partial charge in [0.1, 0.15) is 12.4 Å². The van der Waals surface area contributed by atoms with E-state index in [4.69, 9.17) is 4.74 Å². The minimum Gasteiger partial charge on any atom is -0.492 e. The number of nitro benzene ring substituents is 1. The van der Waals surface area contributed by atoms with E-state index >= 15 is 0 Å². The highest BCUT2D eigenvalue weighted by Crippen LogP contribution is 2.17. The van der Waals surface area contributed by atoms with E-state index in [1.54, 1.807) is 17.0 Å². The highest BCUT2D eigenvalue weighted by Gasteiger charge is 2.19. The molecule has 0 aliphatic carbocycles. The van der Waals surface area contributed by atoms with Crippen molar-refractivity contribution in [3.63, 3.8) is 0 Å². The summed E-state index contributed by atoms with van der Waals surface area (Å²) >= 11 is 0. The lowest BCUT2D eigenvalue weighted by molar-refractivity contribution is -0.384. The number of carbonyl (C=O) groups is 1. The second-order valence-corrected chi connectivity index (χ2v) is 4.08. The van der Waals surface area contributed by atoms with E-state index < -0.39 is 4.92 Å². The van der Waals surface area contributed by atoms with E-state index in [1.165, 1.54) is 12.1 Å². The zero-order chi connectivity index (χ0) is 13.0. The minimum atomic E-state index is -0.452. The van der Waals surface area contributed by atoms with E-state index in [-0.39, 0.29) is 11.6 Å². The number of nitrogens with zero attached hydrogens (tertiary/aromatic N) is 2. The fraction of sp³-hybridized carbons (Fsp3) is 0.417. The third kappa shape index (κ3) is 2.97. The van der Waals surface area contributed by atoms with Gasteiger partial charge in [0.25, 0.3) is 5.69 Å². The van der Waals surface area contributed by atoms with Gasteiger partial charge in [-0.1, -0.05) is 0 Å². The maximum atomic E-state index is 11.3. The Morgan fingerprint density at radius 2 is 2.06 bits per heavy atom. The molecule has 1 heterocycles. The highest BCUT2D eigenvalue weighted by atomic mass is 16.6. The van der Waals surface area contributed by atoms with Crippen molar-refractivity contribution in [2.24, 2.45) is 0 Å². The van der Waals surface area contributed by atoms with Crippen LogP contribution in [-0.4, -0.2) is 35.4 Å². The number of carbonyl (C=O) groups excluding carboxylic acids is 1. The molecule has 1 aliphatic heterocycles. The van der Waals surface area contributed by atoms with Crippen molar-refractivity contribution in [2.45, 2.75) is 12.8 Å². The minimum absolute atomic E-state index is 0.0390. The summed E-state index contributed by atoms with van der Waals surface area (Å²) in [5.41, 5.74) is 0.0390. The van der Waals surface area contributed by atoms with E-state index in [2.05, 4.69) is 0 Å². The van der Waals surface area contributed by atoms with Crippen molar-refractivity contribution in [3.05, 3.63) is 34.4 Å². The Morgan fingerprint density at radius 3 is 2.61 bits per heavy atom. The molecule has 6 nitrogen and oxygen atoms in total. The Balaban J connectivity index is 1.79. The van der Waals surface area contributed by atoms with E-state index in [9.17, 15) is 14.9 Å². The van der Waals surface area contributed by atoms with Crippen molar-refractivity contribution in [1.29, 1.82) is 0 Å². The second kappa shape index (κ2) is 5.48. The van der Waals surface area contributed by atoms with Gasteiger partial charge in [0.2, 0.25) is 5.91 Å². The molecule has 6 heteroatoms. The van der Waals surface area contributed by atoms with Gasteiger partial charge >= 0.3 is 0 Å². The molecule has 2 rings (SSSR count). The standard InChI is InChI=1S/C12H14N2O4/c15-12-2-1-7-13(12)8-9-18-11-5-3-10(4-6-11)14(16)17/h3-6H,1-2,7-9H2. The number of benzene rings is 1. The molecule has 0 radical (unpaired) electrons. The fourth-order valence-electron chi connectivity index (χ4n) is 1.88. The quantitative estimate of drug-likeness (QED) is 0.587. The Hall–Kier alpha value is -2.11. The third-order valence-electron chi connectivity index (χ3n) is 2.85. The summed E-state index contributed by atoms with van der Waals surface area (Å²) in [7, 11) is 0. The number of rotatable bonds is 5. The van der Waals surface area contributed by atoms with Gasteiger partial charge in [-0.25, -0.2) is 0 Å². The summed E-state index contributed by atoms with van der Waals surface area (Å²) < 4.78 is 5.43. The highest BCUT2D eigenvalue weighted by molar-refractivity contribution is 5.78. The van der Waals surface area contributed by atoms with Crippen molar-refractivity contribution in [3.8, 4) is 5.75 Å². The van der Waals surface area contributed by atoms with Crippen LogP contribution in [0.15, 0.2) is 24.3 Å². The summed E-state index contributed by atoms with van der Waals surface area (Å²) in [6.45, 7) is 1.77. The van der Waals surface area contributed by atoms with Crippen LogP contribution in [-0.2, 0) is 4.79 Å². The lowest BCUT2D eigenvalue weighted by Crippen LogP contribution is -2.29. The number of amides is 1. The Morgan fingerprint density at radius 1 is 1.33 bits per heavy atom. The first-order chi connectivity index (χ1) is 8.66. The predicted molar refractivity (Wildman–Crippen MR) is 64.4 cm³/mol. The largest absolute Gasteiger partial charge is 0.492 e. The maximum absolute atomic E-state index is 11.3. The van der Waals surface area contributed by atoms with Crippen molar-refractivity contribution in [2.75, 3.05) is 19.7 Å². The zero-order valence-corrected chi connectivity index (χ0v) is 9.87. The molecule has 18 heavy (non-hydrogen) atoms. The van der Waals surface area contributed by atoms with E-state index in [0.29, 0.717) is 25.3 Å². The van der Waals surface area contributed by atoms with Gasteiger partial charge in [-0.15, -0.1) is 0 Å². The molecule has 0 atom stereocenters. The van der Waals surface area contributed by atoms with E-state index in [1.807, 2.05) is 0 Å². The Kier molecular flexibility index (Phi) is 3.76. The van der Waals surface area contributed by atoms with Crippen LogP contribution in [0.5, 0.6) is 5.75 Å². The van der Waals surface area contributed by atoms with Crippen LogP contribution >= 0.6 is 0 Å². The SMILES string of the molecule is O=C1CCCN1CCOc1ccc([N+](=O)[O-])cc1. The lowest BCUT2D eigenvalue weighted by atomic mass is 10.3. The van der Waals surface area contributed by atoms with Crippen LogP contribution in [0.4, 0.5) is 5.69 Å². The second-order valence-electron chi connectivity index (χ2n) is 4.08. The van der Waals surface area contributed by atoms with Crippen LogP contribution < -0.4 is 4.74 Å². The molecule has 0 unspecified atom stereocenters. The number of hydrogen-bond donors (Lipinski definition) is 0. The molecular weight excluding hydrogens is 236 g/mol. The van der Waals surface area contributed by atoms with Crippen molar-refractivity contribution < 1.29 is 14.5 Å². The molecule has 96 valence electrons. The molecule has 1 aromatic carbocycles. The molecule has 0 N–H and O–H groups in total. The predicted octanol–water partition coefficient (Wildman–Crippen LogP) is 1.60. The maximum Gasteiger partial charge on any atom is 0.269 e. The molecule has 1 saturated heterocycles. The summed E-state index contributed by atoms with van der Waals surface area (Å²) in [5.74, 6) is 0.745. The Labute approximate surface area is 104 Å². The monoisotopic (exact) mass is 250 g/mol. The average molecular weight is 250 g/mol. The van der Waals surface area contributed by atoms with Crippen molar-refractivity contribution >= 4 is 11.6 Å². The number of likely N-dealkylation sites (tertiary alicyclic amines) is 1. The van der Waals surface area contributed by atoms with Gasteiger partial charge in [0.15, 0.2) is 0 Å². The van der Waals surface area contributed by atoms with Crippen molar-refractivity contribution in [1.82, 2.24) is 4.90 Å². The first-order valence-electron chi connectivity index (χ1n) is 5.82. The number of nitro groups is 1. The number of non-ortho nitro benzene ring substituents is 1. The summed E-state index contributed by atoms with van der Waals surface area (Å²) in [6.07, 6.45) is 1.54. The van der Waals surface area contributed by atoms with Gasteiger partial charge < -0.3 is 9.64 Å². The fourth-order valence-corrected chi connectivity index (χ4v) is 1.88. The topological polar surface area (TPSA) is 72.7 Å². The van der Waals surface area contributed by atoms with Gasteiger partial charge in [0.05, 0.1) is 11.5 Å². The molecular formula is C12H14N2O4. The summed E-state index contributed by atoms with van der Waals surface area (Å²) in [6, 6.07) is 5.92. The van der Waals surface area contributed by atoms with E-state index in [0.717, 1.165) is 13.0 Å². The molecule has 0 spiro atoms. The van der Waals surface area contributed by atoms with Crippen LogP contribution in [0, 0.1) is 10.1 Å². The smallest absolute Gasteiger partial charge is 0.269 e. The summed E-state index contributed by atoms with van der Waals surface area (Å²) in [5, 5.41) is 10.5. The first kappa shape index (κ1) is 12.3. The number of ether oxygens (including phenoxy) is 1. The molecule has 1 aliphatic rings. The number of hydrogen-bond acceptors (Lipinski definition) is 4. The molecule has 1 fully saturated rings. The molecule has 0 saturated carbocycles. The molecule has 0 aromatic heterocycles. The zero-order valence-electron chi connectivity index (χ0n) is 9.87. The third-order valence-corrected chi connectivity index (χ3v) is 2.85. The van der Waals surface area contributed by atoms with Gasteiger partial charge in [-0.2, -0.15) is 0 Å². The van der Waals surface area contributed by atoms with Crippen LogP contribution in [0.1, 0.15) is 12.8 Å². The van der Waals surface area contributed by atoms with Crippen LogP contribution in [0.2, 0.25) is 0 Å². The molecule has 0 bridgehead atoms. The van der Waals surface area contributed by atoms with Crippen LogP contribution in [0.25, 0.3) is 0 Å². The lowest BCUT2D eigenvalue weighted by Gasteiger charge is -2.15. The summed E-state index contributed by atoms with van der Waals surface area (Å²) in [4.78, 5) is 23.1. The molecule has 1 aromatic rings.